The zero-order valence-corrected chi connectivity index (χ0v) is 21.9. The van der Waals surface area contributed by atoms with Gasteiger partial charge in [-0.1, -0.05) is 13.3 Å². The van der Waals surface area contributed by atoms with Crippen LogP contribution in [0.5, 0.6) is 0 Å². The van der Waals surface area contributed by atoms with E-state index in [1.165, 1.54) is 12.1 Å². The summed E-state index contributed by atoms with van der Waals surface area (Å²) in [5, 5.41) is 0. The molecular weight excluding hydrogens is 518 g/mol. The summed E-state index contributed by atoms with van der Waals surface area (Å²) in [5.41, 5.74) is 16.1. The third-order valence-electron chi connectivity index (χ3n) is 5.05. The minimum atomic E-state index is -5.35. The summed E-state index contributed by atoms with van der Waals surface area (Å²) in [7, 11) is 0. The standard InChI is InChI=1S/C7H16N2O.C6H11N3.C6H10N2.C4H5F6N/c8-2-1-3-9-4-6-10-7-5-9;7-2-1-4-9-5-3-8-6-9;1-2-3-6-4-7-5-8-6;5-2(6)4(9,10)3(7,8)1-11/h1-8H2;3,5-6H,1-2,4,7H2;4-5H,2-3H2,1H3,(H,7,8);2H,1,11H2. The fraction of sp³-hybridized carbons (Fsp3) is 0.739. The van der Waals surface area contributed by atoms with Crippen LogP contribution in [-0.4, -0.2) is 95.2 Å². The number of hydrogen-bond acceptors (Lipinski definition) is 7. The number of H-pyrrole nitrogens is 1. The smallest absolute Gasteiger partial charge is 0.370 e. The number of aromatic amines is 1. The predicted octanol–water partition coefficient (Wildman–Crippen LogP) is 2.74. The van der Waals surface area contributed by atoms with Crippen molar-refractivity contribution in [2.45, 2.75) is 57.4 Å². The van der Waals surface area contributed by atoms with Crippen LogP contribution in [0.15, 0.2) is 31.2 Å². The number of nitrogens with zero attached hydrogens (tertiary/aromatic N) is 4. The lowest BCUT2D eigenvalue weighted by molar-refractivity contribution is -0.258. The van der Waals surface area contributed by atoms with Crippen LogP contribution in [-0.2, 0) is 17.7 Å². The molecule has 0 spiro atoms. The molecule has 1 fully saturated rings. The van der Waals surface area contributed by atoms with Gasteiger partial charge in [0.05, 0.1) is 32.4 Å². The van der Waals surface area contributed by atoms with E-state index in [2.05, 4.69) is 32.5 Å². The molecule has 1 saturated heterocycles. The Morgan fingerprint density at radius 2 is 1.66 bits per heavy atom. The molecule has 3 heterocycles. The largest absolute Gasteiger partial charge is 0.379 e. The van der Waals surface area contributed by atoms with Crippen molar-refractivity contribution in [3.63, 3.8) is 0 Å². The van der Waals surface area contributed by atoms with Gasteiger partial charge in [-0.2, -0.15) is 17.6 Å². The lowest BCUT2D eigenvalue weighted by Crippen LogP contribution is -2.50. The van der Waals surface area contributed by atoms with E-state index >= 15 is 0 Å². The van der Waals surface area contributed by atoms with Crippen LogP contribution in [0.2, 0.25) is 0 Å². The van der Waals surface area contributed by atoms with E-state index in [4.69, 9.17) is 16.2 Å². The highest BCUT2D eigenvalue weighted by molar-refractivity contribution is 4.93. The highest BCUT2D eigenvalue weighted by atomic mass is 19.3. The minimum Gasteiger partial charge on any atom is -0.379 e. The van der Waals surface area contributed by atoms with Crippen LogP contribution in [0, 0.1) is 0 Å². The number of nitrogens with one attached hydrogen (secondary N) is 1. The molecule has 0 radical (unpaired) electrons. The van der Waals surface area contributed by atoms with Gasteiger partial charge in [-0.25, -0.2) is 18.7 Å². The van der Waals surface area contributed by atoms with Crippen LogP contribution in [0.4, 0.5) is 26.3 Å². The van der Waals surface area contributed by atoms with Gasteiger partial charge in [0.2, 0.25) is 0 Å². The highest BCUT2D eigenvalue weighted by Crippen LogP contribution is 2.38. The first kappa shape index (κ1) is 35.8. The molecule has 9 nitrogen and oxygen atoms in total. The molecule has 0 bridgehead atoms. The number of imidazole rings is 2. The number of halogens is 6. The second kappa shape index (κ2) is 20.7. The van der Waals surface area contributed by atoms with Gasteiger partial charge in [0.15, 0.2) is 0 Å². The van der Waals surface area contributed by atoms with Gasteiger partial charge < -0.3 is 31.5 Å². The molecule has 0 amide bonds. The minimum absolute atomic E-state index is 0.748. The maximum atomic E-state index is 11.8. The molecule has 0 unspecified atom stereocenters. The average Bonchev–Trinajstić information content (AvgIpc) is 3.63. The maximum absolute atomic E-state index is 11.8. The molecule has 0 aliphatic carbocycles. The first-order valence-electron chi connectivity index (χ1n) is 12.4. The van der Waals surface area contributed by atoms with Crippen LogP contribution in [0.3, 0.4) is 0 Å². The molecule has 3 rings (SSSR count). The lowest BCUT2D eigenvalue weighted by atomic mass is 10.2. The number of aryl methyl sites for hydroxylation is 2. The number of hydrogen-bond donors (Lipinski definition) is 4. The Hall–Kier alpha value is -2.20. The summed E-state index contributed by atoms with van der Waals surface area (Å²) in [4.78, 5) is 13.2. The SMILES string of the molecule is CCCc1cnc[nH]1.NCC(F)(F)C(F)(F)C(F)F.NCCCN1CCOCC1.NCCCn1ccnc1. The Morgan fingerprint density at radius 3 is 2.08 bits per heavy atom. The average molecular weight is 561 g/mol. The van der Waals surface area contributed by atoms with Gasteiger partial charge >= 0.3 is 18.3 Å². The fourth-order valence-electron chi connectivity index (χ4n) is 2.82. The zero-order chi connectivity index (χ0) is 28.9. The molecule has 2 aromatic rings. The Balaban J connectivity index is 0.000000483. The topological polar surface area (TPSA) is 137 Å². The molecule has 0 aromatic carbocycles. The van der Waals surface area contributed by atoms with E-state index < -0.39 is 24.8 Å². The monoisotopic (exact) mass is 560 g/mol. The van der Waals surface area contributed by atoms with Crippen molar-refractivity contribution in [1.29, 1.82) is 0 Å². The number of aromatic nitrogens is 4. The van der Waals surface area contributed by atoms with Crippen molar-refractivity contribution in [3.05, 3.63) is 36.9 Å². The van der Waals surface area contributed by atoms with Crippen molar-refractivity contribution < 1.29 is 31.1 Å². The molecule has 0 saturated carbocycles. The van der Waals surface area contributed by atoms with Crippen LogP contribution < -0.4 is 17.2 Å². The summed E-state index contributed by atoms with van der Waals surface area (Å²) in [6, 6.07) is 0. The van der Waals surface area contributed by atoms with Gasteiger partial charge in [-0.3, -0.25) is 4.90 Å². The summed E-state index contributed by atoms with van der Waals surface area (Å²) in [6.07, 6.45) is 9.12. The molecular formula is C23H42F6N8O. The highest BCUT2D eigenvalue weighted by Gasteiger charge is 2.61. The zero-order valence-electron chi connectivity index (χ0n) is 21.9. The summed E-state index contributed by atoms with van der Waals surface area (Å²) in [5.74, 6) is -10.2. The Labute approximate surface area is 220 Å². The second-order valence-corrected chi connectivity index (χ2v) is 8.20. The van der Waals surface area contributed by atoms with Crippen molar-refractivity contribution in [3.8, 4) is 0 Å². The van der Waals surface area contributed by atoms with Crippen molar-refractivity contribution in [2.24, 2.45) is 17.2 Å². The molecule has 1 aliphatic heterocycles. The summed E-state index contributed by atoms with van der Waals surface area (Å²) in [6.45, 7) is 7.98. The fourth-order valence-corrected chi connectivity index (χ4v) is 2.82. The third kappa shape index (κ3) is 15.3. The van der Waals surface area contributed by atoms with E-state index in [1.54, 1.807) is 18.9 Å². The number of nitrogens with two attached hydrogens (primary N) is 3. The van der Waals surface area contributed by atoms with Gasteiger partial charge in [0.1, 0.15) is 0 Å². The first-order chi connectivity index (χ1) is 18.0. The van der Waals surface area contributed by atoms with E-state index in [1.807, 2.05) is 17.0 Å². The Bertz CT molecular complexity index is 760. The van der Waals surface area contributed by atoms with Crippen LogP contribution in [0.25, 0.3) is 0 Å². The molecule has 2 aromatic heterocycles. The van der Waals surface area contributed by atoms with E-state index in [-0.39, 0.29) is 0 Å². The van der Waals surface area contributed by atoms with Gasteiger partial charge in [-0.05, 0) is 38.9 Å². The van der Waals surface area contributed by atoms with E-state index in [0.717, 1.165) is 71.7 Å². The molecule has 15 heteroatoms. The first-order valence-corrected chi connectivity index (χ1v) is 12.4. The van der Waals surface area contributed by atoms with Crippen molar-refractivity contribution in [1.82, 2.24) is 24.4 Å². The second-order valence-electron chi connectivity index (χ2n) is 8.20. The maximum Gasteiger partial charge on any atom is 0.370 e. The van der Waals surface area contributed by atoms with Crippen molar-refractivity contribution in [2.75, 3.05) is 52.5 Å². The Morgan fingerprint density at radius 1 is 1.03 bits per heavy atom. The van der Waals surface area contributed by atoms with E-state index in [0.29, 0.717) is 0 Å². The number of rotatable bonds is 11. The molecule has 222 valence electrons. The van der Waals surface area contributed by atoms with Crippen molar-refractivity contribution >= 4 is 0 Å². The number of morpholine rings is 1. The molecule has 0 atom stereocenters. The van der Waals surface area contributed by atoms with E-state index in [9.17, 15) is 26.3 Å². The predicted molar refractivity (Wildman–Crippen MR) is 134 cm³/mol. The lowest BCUT2D eigenvalue weighted by Gasteiger charge is -2.26. The molecule has 7 N–H and O–H groups in total. The number of ether oxygens (including phenoxy) is 1. The molecule has 1 aliphatic rings. The number of alkyl halides is 6. The normalized spacial score (nSPS) is 14.1. The third-order valence-corrected chi connectivity index (χ3v) is 5.05. The van der Waals surface area contributed by atoms with Gasteiger partial charge in [0.25, 0.3) is 0 Å². The van der Waals surface area contributed by atoms with Crippen LogP contribution in [0.1, 0.15) is 31.9 Å². The summed E-state index contributed by atoms with van der Waals surface area (Å²) < 4.78 is 76.8. The Kier molecular flexibility index (Phi) is 19.5. The van der Waals surface area contributed by atoms with Crippen LogP contribution >= 0.6 is 0 Å². The summed E-state index contributed by atoms with van der Waals surface area (Å²) >= 11 is 0. The molecule has 38 heavy (non-hydrogen) atoms. The quantitative estimate of drug-likeness (QED) is 0.310. The van der Waals surface area contributed by atoms with Gasteiger partial charge in [-0.15, -0.1) is 0 Å². The van der Waals surface area contributed by atoms with Gasteiger partial charge in [0, 0.05) is 43.9 Å².